The molecule has 0 aromatic carbocycles. The van der Waals surface area contributed by atoms with Gasteiger partial charge in [-0.3, -0.25) is 0 Å². The van der Waals surface area contributed by atoms with E-state index in [9.17, 15) is 9.59 Å². The number of nitrogens with one attached hydrogen (secondary N) is 2. The maximum absolute atomic E-state index is 11.6. The van der Waals surface area contributed by atoms with E-state index in [1.165, 1.54) is 0 Å². The Bertz CT molecular complexity index is 840. The highest BCUT2D eigenvalue weighted by molar-refractivity contribution is 5.67. The van der Waals surface area contributed by atoms with Gasteiger partial charge in [0.25, 0.3) is 0 Å². The Balaban J connectivity index is 1.48. The van der Waals surface area contributed by atoms with Crippen LogP contribution in [-0.4, -0.2) is 25.4 Å². The molecule has 0 radical (unpaired) electrons. The first-order chi connectivity index (χ1) is 15.7. The molecule has 172 valence electrons. The molecule has 8 heteroatoms. The number of carbonyl (C=O) groups is 2. The van der Waals surface area contributed by atoms with E-state index in [0.29, 0.717) is 30.5 Å². The van der Waals surface area contributed by atoms with Crippen LogP contribution >= 0.6 is 0 Å². The lowest BCUT2D eigenvalue weighted by Gasteiger charge is -2.08. The van der Waals surface area contributed by atoms with Gasteiger partial charge in [-0.1, -0.05) is 30.4 Å². The molecule has 0 bridgehead atoms. The number of furan rings is 2. The van der Waals surface area contributed by atoms with Crippen LogP contribution in [0.1, 0.15) is 30.8 Å². The number of ether oxygens (including phenoxy) is 2. The van der Waals surface area contributed by atoms with E-state index in [-0.39, 0.29) is 13.2 Å². The van der Waals surface area contributed by atoms with Gasteiger partial charge in [0.2, 0.25) is 0 Å². The van der Waals surface area contributed by atoms with Crippen LogP contribution in [0.4, 0.5) is 9.59 Å². The third kappa shape index (κ3) is 10.9. The molecule has 0 aliphatic rings. The zero-order chi connectivity index (χ0) is 22.9. The molecule has 0 spiro atoms. The Labute approximate surface area is 187 Å². The van der Waals surface area contributed by atoms with Gasteiger partial charge in [-0.05, 0) is 49.4 Å². The molecule has 0 aliphatic heterocycles. The Morgan fingerprint density at radius 2 is 1.47 bits per heavy atom. The minimum absolute atomic E-state index is 0.201. The second-order valence-corrected chi connectivity index (χ2v) is 6.81. The van der Waals surface area contributed by atoms with Crippen molar-refractivity contribution < 1.29 is 27.9 Å². The third-order valence-corrected chi connectivity index (χ3v) is 4.41. The highest BCUT2D eigenvalue weighted by atomic mass is 16.6. The SMILES string of the molecule is C=CC(C/C=C\COC(=O)NCc1ccco1)CC/C=C/COC(=O)NCc1ccco1. The molecule has 1 atom stereocenters. The van der Waals surface area contributed by atoms with Crippen molar-refractivity contribution in [1.82, 2.24) is 10.6 Å². The van der Waals surface area contributed by atoms with Gasteiger partial charge in [-0.25, -0.2) is 9.59 Å². The minimum Gasteiger partial charge on any atom is -0.467 e. The van der Waals surface area contributed by atoms with Gasteiger partial charge >= 0.3 is 12.2 Å². The summed E-state index contributed by atoms with van der Waals surface area (Å²) >= 11 is 0. The molecule has 0 fully saturated rings. The molecule has 8 nitrogen and oxygen atoms in total. The summed E-state index contributed by atoms with van der Waals surface area (Å²) in [6, 6.07) is 7.07. The highest BCUT2D eigenvalue weighted by Gasteiger charge is 2.04. The van der Waals surface area contributed by atoms with Crippen molar-refractivity contribution in [2.24, 2.45) is 5.92 Å². The Morgan fingerprint density at radius 3 is 1.97 bits per heavy atom. The normalized spacial score (nSPS) is 12.0. The standard InChI is InChI=1S/C24H30N2O6/c1-2-20(11-5-7-15-32-24(28)26-19-22-13-9-17-30-22)10-4-3-6-14-31-23(27)25-18-21-12-8-16-29-21/h2-3,5-9,12-13,16-17,20H,1,4,10-11,14-15,18-19H2,(H,25,27)(H,26,28)/b6-3+,7-5-. The minimum atomic E-state index is -0.492. The van der Waals surface area contributed by atoms with E-state index in [1.54, 1.807) is 36.8 Å². The average molecular weight is 443 g/mol. The fourth-order valence-corrected chi connectivity index (χ4v) is 2.66. The number of hydrogen-bond acceptors (Lipinski definition) is 6. The van der Waals surface area contributed by atoms with Crippen LogP contribution in [0.25, 0.3) is 0 Å². The number of carbonyl (C=O) groups excluding carboxylic acids is 2. The Hall–Kier alpha value is -3.68. The van der Waals surface area contributed by atoms with Gasteiger partial charge in [-0.15, -0.1) is 6.58 Å². The fraction of sp³-hybridized carbons (Fsp3) is 0.333. The summed E-state index contributed by atoms with van der Waals surface area (Å²) in [4.78, 5) is 23.1. The molecule has 2 aromatic heterocycles. The van der Waals surface area contributed by atoms with E-state index < -0.39 is 12.2 Å². The molecule has 2 amide bonds. The van der Waals surface area contributed by atoms with Crippen molar-refractivity contribution in [2.45, 2.75) is 32.4 Å². The van der Waals surface area contributed by atoms with E-state index >= 15 is 0 Å². The van der Waals surface area contributed by atoms with Crippen LogP contribution in [0.15, 0.2) is 82.6 Å². The second-order valence-electron chi connectivity index (χ2n) is 6.81. The van der Waals surface area contributed by atoms with E-state index in [0.717, 1.165) is 19.3 Å². The van der Waals surface area contributed by atoms with Gasteiger partial charge in [0, 0.05) is 0 Å². The largest absolute Gasteiger partial charge is 0.467 e. The van der Waals surface area contributed by atoms with Gasteiger partial charge in [0.1, 0.15) is 24.7 Å². The monoisotopic (exact) mass is 442 g/mol. The molecule has 0 aliphatic carbocycles. The van der Waals surface area contributed by atoms with Crippen LogP contribution < -0.4 is 10.6 Å². The van der Waals surface area contributed by atoms with Crippen molar-refractivity contribution in [3.05, 3.63) is 85.3 Å². The number of allylic oxidation sites excluding steroid dienone is 3. The number of rotatable bonds is 14. The van der Waals surface area contributed by atoms with E-state index in [4.69, 9.17) is 18.3 Å². The molecule has 0 saturated carbocycles. The number of amides is 2. The molecule has 1 unspecified atom stereocenters. The van der Waals surface area contributed by atoms with Crippen molar-refractivity contribution in [3.63, 3.8) is 0 Å². The summed E-state index contributed by atoms with van der Waals surface area (Å²) in [6.07, 6.45) is 14.2. The zero-order valence-corrected chi connectivity index (χ0v) is 18.0. The second kappa shape index (κ2) is 15.2. The fourth-order valence-electron chi connectivity index (χ4n) is 2.66. The van der Waals surface area contributed by atoms with Crippen molar-refractivity contribution in [1.29, 1.82) is 0 Å². The highest BCUT2D eigenvalue weighted by Crippen LogP contribution is 2.13. The first-order valence-corrected chi connectivity index (χ1v) is 10.5. The first kappa shape index (κ1) is 24.6. The lowest BCUT2D eigenvalue weighted by atomic mass is 9.99. The van der Waals surface area contributed by atoms with E-state index in [1.807, 2.05) is 30.4 Å². The van der Waals surface area contributed by atoms with Crippen LogP contribution in [0.5, 0.6) is 0 Å². The summed E-state index contributed by atoms with van der Waals surface area (Å²) in [7, 11) is 0. The van der Waals surface area contributed by atoms with Crippen molar-refractivity contribution >= 4 is 12.2 Å². The average Bonchev–Trinajstić information content (AvgIpc) is 3.51. The van der Waals surface area contributed by atoms with Crippen molar-refractivity contribution in [2.75, 3.05) is 13.2 Å². The maximum atomic E-state index is 11.6. The predicted molar refractivity (Wildman–Crippen MR) is 120 cm³/mol. The summed E-state index contributed by atoms with van der Waals surface area (Å²) in [5.41, 5.74) is 0. The third-order valence-electron chi connectivity index (χ3n) is 4.41. The van der Waals surface area contributed by atoms with Crippen LogP contribution in [0, 0.1) is 5.92 Å². The summed E-state index contributed by atoms with van der Waals surface area (Å²) in [5.74, 6) is 1.64. The van der Waals surface area contributed by atoms with Crippen LogP contribution in [0.3, 0.4) is 0 Å². The molecule has 32 heavy (non-hydrogen) atoms. The summed E-state index contributed by atoms with van der Waals surface area (Å²) in [5, 5.41) is 5.22. The quantitative estimate of drug-likeness (QED) is 0.394. The van der Waals surface area contributed by atoms with Gasteiger partial charge < -0.3 is 28.9 Å². The lowest BCUT2D eigenvalue weighted by Crippen LogP contribution is -2.23. The molecular weight excluding hydrogens is 412 g/mol. The molecule has 2 aromatic rings. The van der Waals surface area contributed by atoms with Crippen molar-refractivity contribution in [3.8, 4) is 0 Å². The molecule has 0 saturated heterocycles. The van der Waals surface area contributed by atoms with Gasteiger partial charge in [-0.2, -0.15) is 0 Å². The molecule has 2 N–H and O–H groups in total. The Morgan fingerprint density at radius 1 is 0.906 bits per heavy atom. The summed E-state index contributed by atoms with van der Waals surface area (Å²) < 4.78 is 20.4. The Kier molecular flexibility index (Phi) is 11.7. The number of hydrogen-bond donors (Lipinski definition) is 2. The predicted octanol–water partition coefficient (Wildman–Crippen LogP) is 5.11. The zero-order valence-electron chi connectivity index (χ0n) is 18.0. The molecular formula is C24H30N2O6. The lowest BCUT2D eigenvalue weighted by molar-refractivity contribution is 0.156. The summed E-state index contributed by atoms with van der Waals surface area (Å²) in [6.45, 7) is 4.87. The number of alkyl carbamates (subject to hydrolysis) is 2. The van der Waals surface area contributed by atoms with Crippen LogP contribution in [0.2, 0.25) is 0 Å². The van der Waals surface area contributed by atoms with Crippen LogP contribution in [-0.2, 0) is 22.6 Å². The molecule has 2 rings (SSSR count). The molecule has 2 heterocycles. The maximum Gasteiger partial charge on any atom is 0.407 e. The van der Waals surface area contributed by atoms with Gasteiger partial charge in [0.05, 0.1) is 25.6 Å². The van der Waals surface area contributed by atoms with E-state index in [2.05, 4.69) is 17.2 Å². The van der Waals surface area contributed by atoms with Gasteiger partial charge in [0.15, 0.2) is 0 Å². The topological polar surface area (TPSA) is 103 Å². The first-order valence-electron chi connectivity index (χ1n) is 10.5. The smallest absolute Gasteiger partial charge is 0.407 e.